The van der Waals surface area contributed by atoms with Gasteiger partial charge in [-0.1, -0.05) is 35.9 Å². The Bertz CT molecular complexity index is 1200. The van der Waals surface area contributed by atoms with Gasteiger partial charge in [-0.15, -0.1) is 0 Å². The molecule has 1 fully saturated rings. The van der Waals surface area contributed by atoms with Crippen LogP contribution in [0.5, 0.6) is 0 Å². The van der Waals surface area contributed by atoms with E-state index in [0.717, 1.165) is 17.0 Å². The van der Waals surface area contributed by atoms with E-state index >= 15 is 0 Å². The maximum Gasteiger partial charge on any atom is 0.416 e. The molecule has 1 aromatic heterocycles. The molecule has 5 rings (SSSR count). The fraction of sp³-hybridized carbons (Fsp3) is 0.348. The highest BCUT2D eigenvalue weighted by atomic mass is 35.5. The largest absolute Gasteiger partial charge is 0.416 e. The summed E-state index contributed by atoms with van der Waals surface area (Å²) in [6, 6.07) is 9.24. The van der Waals surface area contributed by atoms with Crippen LogP contribution in [-0.2, 0) is 17.5 Å². The highest BCUT2D eigenvalue weighted by Crippen LogP contribution is 2.42. The Morgan fingerprint density at radius 3 is 2.56 bits per heavy atom. The second-order valence-electron chi connectivity index (χ2n) is 8.35. The molecule has 3 heterocycles. The lowest BCUT2D eigenvalue weighted by Crippen LogP contribution is -2.36. The predicted octanol–water partition coefficient (Wildman–Crippen LogP) is 5.14. The Balaban J connectivity index is 1.39. The fourth-order valence-electron chi connectivity index (χ4n) is 4.95. The molecule has 1 amide bonds. The third-order valence-corrected chi connectivity index (χ3v) is 6.77. The van der Waals surface area contributed by atoms with Crippen LogP contribution in [0, 0.1) is 0 Å². The van der Waals surface area contributed by atoms with Gasteiger partial charge >= 0.3 is 6.18 Å². The van der Waals surface area contributed by atoms with Crippen molar-refractivity contribution in [1.82, 2.24) is 9.47 Å². The molecule has 0 saturated carbocycles. The number of carbonyl (C=O) groups excluding carboxylic acids is 1. The molecule has 2 aromatic carbocycles. The number of likely N-dealkylation sites (tertiary alicyclic amines) is 1. The van der Waals surface area contributed by atoms with Crippen molar-refractivity contribution in [3.63, 3.8) is 0 Å². The molecule has 2 aliphatic rings. The number of rotatable bonds is 3. The van der Waals surface area contributed by atoms with Crippen molar-refractivity contribution >= 4 is 34.1 Å². The third kappa shape index (κ3) is 3.56. The summed E-state index contributed by atoms with van der Waals surface area (Å²) in [5.41, 5.74) is 1.69. The molecule has 0 aliphatic carbocycles. The van der Waals surface area contributed by atoms with E-state index in [4.69, 9.17) is 11.6 Å². The van der Waals surface area contributed by atoms with Gasteiger partial charge in [0.25, 0.3) is 0 Å². The average Bonchev–Trinajstić information content (AvgIpc) is 3.14. The molecule has 2 N–H and O–H groups in total. The summed E-state index contributed by atoms with van der Waals surface area (Å²) < 4.78 is 42.0. The van der Waals surface area contributed by atoms with E-state index in [1.54, 1.807) is 29.0 Å². The Kier molecular flexibility index (Phi) is 5.19. The molecule has 0 spiro atoms. The lowest BCUT2D eigenvalue weighted by molar-refractivity contribution is -0.138. The first-order valence-electron chi connectivity index (χ1n) is 10.4. The second-order valence-corrected chi connectivity index (χ2v) is 8.76. The minimum Gasteiger partial charge on any atom is -0.374 e. The van der Waals surface area contributed by atoms with Crippen LogP contribution in [0.15, 0.2) is 42.6 Å². The van der Waals surface area contributed by atoms with E-state index in [2.05, 4.69) is 5.32 Å². The van der Waals surface area contributed by atoms with Crippen molar-refractivity contribution in [3.05, 3.63) is 64.3 Å². The lowest BCUT2D eigenvalue weighted by Gasteiger charge is -2.36. The maximum absolute atomic E-state index is 13.4. The maximum atomic E-state index is 13.4. The van der Waals surface area contributed by atoms with Crippen molar-refractivity contribution in [3.8, 4) is 0 Å². The molecular formula is C23H21ClF3N3O2. The number of hydrogen-bond acceptors (Lipinski definition) is 3. The number of aliphatic hydroxyl groups is 1. The van der Waals surface area contributed by atoms with Gasteiger partial charge in [-0.25, -0.2) is 0 Å². The van der Waals surface area contributed by atoms with Gasteiger partial charge in [-0.3, -0.25) is 9.69 Å². The topological polar surface area (TPSA) is 57.5 Å². The molecule has 0 bridgehead atoms. The molecule has 0 radical (unpaired) electrons. The van der Waals surface area contributed by atoms with Crippen LogP contribution < -0.4 is 5.32 Å². The molecule has 168 valence electrons. The van der Waals surface area contributed by atoms with Gasteiger partial charge in [-0.05, 0) is 36.5 Å². The van der Waals surface area contributed by atoms with Gasteiger partial charge in [0.15, 0.2) is 0 Å². The summed E-state index contributed by atoms with van der Waals surface area (Å²) >= 11 is 6.25. The average molecular weight is 464 g/mol. The summed E-state index contributed by atoms with van der Waals surface area (Å²) in [5.74, 6) is -0.403. The first-order valence-corrected chi connectivity index (χ1v) is 10.8. The van der Waals surface area contributed by atoms with Gasteiger partial charge in [0.05, 0.1) is 21.8 Å². The summed E-state index contributed by atoms with van der Waals surface area (Å²) in [6.45, 7) is 1.05. The molecule has 9 heteroatoms. The minimum absolute atomic E-state index is 0.132. The minimum atomic E-state index is -4.38. The van der Waals surface area contributed by atoms with Crippen LogP contribution in [0.2, 0.25) is 5.02 Å². The zero-order chi connectivity index (χ0) is 22.6. The Hall–Kier alpha value is -2.55. The van der Waals surface area contributed by atoms with Crippen LogP contribution in [-0.4, -0.2) is 33.6 Å². The van der Waals surface area contributed by atoms with Gasteiger partial charge in [0.2, 0.25) is 5.91 Å². The quantitative estimate of drug-likeness (QED) is 0.565. The number of halogens is 4. The number of nitrogens with zero attached hydrogens (tertiary/aromatic N) is 2. The zero-order valence-electron chi connectivity index (χ0n) is 17.0. The van der Waals surface area contributed by atoms with E-state index in [1.807, 2.05) is 11.0 Å². The predicted molar refractivity (Wildman–Crippen MR) is 116 cm³/mol. The molecule has 1 unspecified atom stereocenters. The van der Waals surface area contributed by atoms with E-state index in [9.17, 15) is 23.1 Å². The molecule has 2 aliphatic heterocycles. The van der Waals surface area contributed by atoms with E-state index < -0.39 is 18.0 Å². The standard InChI is InChI=1S/C23H21ClF3N3O2/c24-18-6-5-15-16(11-30-12-19(31)28-20(18)21(15)30)22(32)29-9-7-13(8-10-29)14-3-1-2-4-17(14)23(25,26)27/h1-6,11,13,22,32H,7-10,12H2,(H,28,31). The van der Waals surface area contributed by atoms with Gasteiger partial charge in [-0.2, -0.15) is 13.2 Å². The van der Waals surface area contributed by atoms with Crippen LogP contribution in [0.25, 0.3) is 10.9 Å². The smallest absolute Gasteiger partial charge is 0.374 e. The van der Waals surface area contributed by atoms with Crippen molar-refractivity contribution in [2.45, 2.75) is 37.7 Å². The summed E-state index contributed by atoms with van der Waals surface area (Å²) in [4.78, 5) is 13.9. The van der Waals surface area contributed by atoms with Crippen LogP contribution in [0.3, 0.4) is 0 Å². The van der Waals surface area contributed by atoms with Crippen molar-refractivity contribution in [2.24, 2.45) is 0 Å². The number of anilines is 1. The van der Waals surface area contributed by atoms with E-state index in [-0.39, 0.29) is 18.4 Å². The lowest BCUT2D eigenvalue weighted by atomic mass is 9.86. The normalized spacial score (nSPS) is 18.7. The number of nitrogens with one attached hydrogen (secondary N) is 1. The van der Waals surface area contributed by atoms with Gasteiger partial charge in [0.1, 0.15) is 12.8 Å². The number of amides is 1. The van der Waals surface area contributed by atoms with Crippen LogP contribution in [0.4, 0.5) is 18.9 Å². The number of carbonyl (C=O) groups is 1. The second kappa shape index (κ2) is 7.79. The summed E-state index contributed by atoms with van der Waals surface area (Å²) in [6.07, 6.45) is -2.52. The van der Waals surface area contributed by atoms with Gasteiger partial charge < -0.3 is 15.0 Å². The molecule has 32 heavy (non-hydrogen) atoms. The monoisotopic (exact) mass is 463 g/mol. The van der Waals surface area contributed by atoms with Gasteiger partial charge in [0, 0.05) is 30.2 Å². The number of piperidine rings is 1. The van der Waals surface area contributed by atoms with Crippen LogP contribution >= 0.6 is 11.6 Å². The summed E-state index contributed by atoms with van der Waals surface area (Å²) in [5, 5.41) is 15.1. The first kappa shape index (κ1) is 21.3. The van der Waals surface area contributed by atoms with Crippen LogP contribution in [0.1, 0.15) is 41.7 Å². The van der Waals surface area contributed by atoms with Crippen molar-refractivity contribution in [2.75, 3.05) is 18.4 Å². The number of benzene rings is 2. The first-order chi connectivity index (χ1) is 15.2. The number of hydrogen-bond donors (Lipinski definition) is 2. The molecule has 3 aromatic rings. The summed E-state index contributed by atoms with van der Waals surface area (Å²) in [7, 11) is 0. The third-order valence-electron chi connectivity index (χ3n) is 6.46. The van der Waals surface area contributed by atoms with E-state index in [1.165, 1.54) is 6.07 Å². The highest BCUT2D eigenvalue weighted by molar-refractivity contribution is 6.35. The number of alkyl halides is 3. The molecule has 1 saturated heterocycles. The number of aliphatic hydroxyl groups excluding tert-OH is 1. The fourth-order valence-corrected chi connectivity index (χ4v) is 5.15. The molecule has 5 nitrogen and oxygen atoms in total. The zero-order valence-corrected chi connectivity index (χ0v) is 17.7. The Labute approximate surface area is 187 Å². The Morgan fingerprint density at radius 1 is 1.12 bits per heavy atom. The van der Waals surface area contributed by atoms with E-state index in [0.29, 0.717) is 47.8 Å². The van der Waals surface area contributed by atoms with Crippen molar-refractivity contribution in [1.29, 1.82) is 0 Å². The Morgan fingerprint density at radius 2 is 1.84 bits per heavy atom. The number of aromatic nitrogens is 1. The molecule has 1 atom stereocenters. The SMILES string of the molecule is O=C1Cn2cc(C(O)N3CCC(c4ccccc4C(F)(F)F)CC3)c3ccc(Cl)c(c32)N1. The highest BCUT2D eigenvalue weighted by Gasteiger charge is 2.36. The molecular weight excluding hydrogens is 443 g/mol. The van der Waals surface area contributed by atoms with Crippen molar-refractivity contribution < 1.29 is 23.1 Å².